The Balaban J connectivity index is 2.52. The molecule has 0 spiro atoms. The molecule has 0 amide bonds. The SMILES string of the molecule is C=C(C)C(O)C1OCCC1C. The summed E-state index contributed by atoms with van der Waals surface area (Å²) < 4.78 is 5.38. The third-order valence-electron chi connectivity index (χ3n) is 2.26. The third kappa shape index (κ3) is 1.82. The van der Waals surface area contributed by atoms with Gasteiger partial charge in [0.25, 0.3) is 0 Å². The second kappa shape index (κ2) is 3.37. The lowest BCUT2D eigenvalue weighted by Crippen LogP contribution is -2.30. The Morgan fingerprint density at radius 1 is 1.73 bits per heavy atom. The maximum Gasteiger partial charge on any atom is 0.101 e. The van der Waals surface area contributed by atoms with E-state index < -0.39 is 6.10 Å². The first kappa shape index (κ1) is 8.75. The molecule has 1 saturated heterocycles. The van der Waals surface area contributed by atoms with Crippen LogP contribution in [0.1, 0.15) is 20.3 Å². The van der Waals surface area contributed by atoms with Crippen LogP contribution in [0.15, 0.2) is 12.2 Å². The van der Waals surface area contributed by atoms with Gasteiger partial charge in [-0.2, -0.15) is 0 Å². The van der Waals surface area contributed by atoms with E-state index in [1.165, 1.54) is 0 Å². The molecule has 0 aromatic carbocycles. The summed E-state index contributed by atoms with van der Waals surface area (Å²) in [5, 5.41) is 9.57. The maximum atomic E-state index is 9.57. The molecule has 11 heavy (non-hydrogen) atoms. The fraction of sp³-hybridized carbons (Fsp3) is 0.778. The number of aliphatic hydroxyl groups excluding tert-OH is 1. The zero-order valence-electron chi connectivity index (χ0n) is 7.21. The molecule has 3 unspecified atom stereocenters. The lowest BCUT2D eigenvalue weighted by molar-refractivity contribution is 0.00199. The Morgan fingerprint density at radius 2 is 2.36 bits per heavy atom. The number of ether oxygens (including phenoxy) is 1. The normalized spacial score (nSPS) is 33.7. The summed E-state index contributed by atoms with van der Waals surface area (Å²) in [6.07, 6.45) is 0.551. The Hall–Kier alpha value is -0.340. The van der Waals surface area contributed by atoms with Gasteiger partial charge in [0.15, 0.2) is 0 Å². The van der Waals surface area contributed by atoms with Crippen LogP contribution in [-0.4, -0.2) is 23.9 Å². The highest BCUT2D eigenvalue weighted by molar-refractivity contribution is 5.02. The highest BCUT2D eigenvalue weighted by Crippen LogP contribution is 2.25. The molecule has 1 aliphatic rings. The van der Waals surface area contributed by atoms with Crippen molar-refractivity contribution >= 4 is 0 Å². The molecule has 0 aromatic heterocycles. The minimum Gasteiger partial charge on any atom is -0.386 e. The van der Waals surface area contributed by atoms with Gasteiger partial charge in [-0.1, -0.05) is 13.5 Å². The molecule has 0 saturated carbocycles. The van der Waals surface area contributed by atoms with Crippen molar-refractivity contribution in [2.24, 2.45) is 5.92 Å². The molecular formula is C9H16O2. The van der Waals surface area contributed by atoms with Crippen molar-refractivity contribution in [2.75, 3.05) is 6.61 Å². The molecule has 1 aliphatic heterocycles. The molecule has 0 radical (unpaired) electrons. The first-order valence-corrected chi connectivity index (χ1v) is 4.08. The zero-order valence-corrected chi connectivity index (χ0v) is 7.21. The van der Waals surface area contributed by atoms with Crippen molar-refractivity contribution < 1.29 is 9.84 Å². The summed E-state index contributed by atoms with van der Waals surface area (Å²) in [4.78, 5) is 0. The van der Waals surface area contributed by atoms with E-state index in [1.807, 2.05) is 6.92 Å². The van der Waals surface area contributed by atoms with Gasteiger partial charge in [-0.25, -0.2) is 0 Å². The van der Waals surface area contributed by atoms with Crippen molar-refractivity contribution in [3.63, 3.8) is 0 Å². The fourth-order valence-electron chi connectivity index (χ4n) is 1.40. The van der Waals surface area contributed by atoms with Crippen LogP contribution >= 0.6 is 0 Å². The Morgan fingerprint density at radius 3 is 2.73 bits per heavy atom. The molecule has 1 fully saturated rings. The molecule has 3 atom stereocenters. The van der Waals surface area contributed by atoms with Crippen LogP contribution in [0.5, 0.6) is 0 Å². The largest absolute Gasteiger partial charge is 0.386 e. The molecule has 0 bridgehead atoms. The molecule has 0 aliphatic carbocycles. The van der Waals surface area contributed by atoms with Crippen LogP contribution in [0.25, 0.3) is 0 Å². The van der Waals surface area contributed by atoms with E-state index in [0.29, 0.717) is 5.92 Å². The molecule has 1 heterocycles. The molecule has 64 valence electrons. The van der Waals surface area contributed by atoms with Crippen molar-refractivity contribution in [3.8, 4) is 0 Å². The molecule has 1 rings (SSSR count). The molecule has 1 N–H and O–H groups in total. The molecular weight excluding hydrogens is 140 g/mol. The number of hydrogen-bond acceptors (Lipinski definition) is 2. The van der Waals surface area contributed by atoms with Crippen LogP contribution in [0.4, 0.5) is 0 Å². The van der Waals surface area contributed by atoms with Crippen LogP contribution in [-0.2, 0) is 4.74 Å². The zero-order chi connectivity index (χ0) is 8.43. The van der Waals surface area contributed by atoms with Crippen LogP contribution < -0.4 is 0 Å². The van der Waals surface area contributed by atoms with Gasteiger partial charge >= 0.3 is 0 Å². The fourth-order valence-corrected chi connectivity index (χ4v) is 1.40. The van der Waals surface area contributed by atoms with E-state index >= 15 is 0 Å². The Bertz CT molecular complexity index is 154. The van der Waals surface area contributed by atoms with Gasteiger partial charge in [0, 0.05) is 6.61 Å². The molecule has 2 heteroatoms. The van der Waals surface area contributed by atoms with Gasteiger partial charge in [0.1, 0.15) is 6.10 Å². The second-order valence-corrected chi connectivity index (χ2v) is 3.39. The lowest BCUT2D eigenvalue weighted by Gasteiger charge is -2.21. The van der Waals surface area contributed by atoms with Crippen LogP contribution in [0.2, 0.25) is 0 Å². The average molecular weight is 156 g/mol. The van der Waals surface area contributed by atoms with Gasteiger partial charge in [-0.15, -0.1) is 0 Å². The summed E-state index contributed by atoms with van der Waals surface area (Å²) in [7, 11) is 0. The Labute approximate surface area is 67.9 Å². The van der Waals surface area contributed by atoms with Crippen molar-refractivity contribution in [2.45, 2.75) is 32.5 Å². The molecule has 2 nitrogen and oxygen atoms in total. The summed E-state index contributed by atoms with van der Waals surface area (Å²) in [5.41, 5.74) is 0.795. The van der Waals surface area contributed by atoms with E-state index in [0.717, 1.165) is 18.6 Å². The maximum absolute atomic E-state index is 9.57. The van der Waals surface area contributed by atoms with E-state index in [-0.39, 0.29) is 6.10 Å². The van der Waals surface area contributed by atoms with Gasteiger partial charge in [-0.05, 0) is 24.8 Å². The number of rotatable bonds is 2. The van der Waals surface area contributed by atoms with E-state index in [9.17, 15) is 5.11 Å². The van der Waals surface area contributed by atoms with Crippen molar-refractivity contribution in [1.82, 2.24) is 0 Å². The monoisotopic (exact) mass is 156 g/mol. The first-order chi connectivity index (χ1) is 5.13. The predicted molar refractivity (Wildman–Crippen MR) is 44.3 cm³/mol. The van der Waals surface area contributed by atoms with E-state index in [1.54, 1.807) is 0 Å². The number of hydrogen-bond donors (Lipinski definition) is 1. The summed E-state index contributed by atoms with van der Waals surface area (Å²) in [5.74, 6) is 0.460. The van der Waals surface area contributed by atoms with Crippen LogP contribution in [0.3, 0.4) is 0 Å². The van der Waals surface area contributed by atoms with Gasteiger partial charge in [-0.3, -0.25) is 0 Å². The number of aliphatic hydroxyl groups is 1. The molecule has 0 aromatic rings. The average Bonchev–Trinajstić information content (AvgIpc) is 2.33. The smallest absolute Gasteiger partial charge is 0.101 e. The van der Waals surface area contributed by atoms with Gasteiger partial charge in [0.05, 0.1) is 6.10 Å². The third-order valence-corrected chi connectivity index (χ3v) is 2.26. The Kier molecular flexibility index (Phi) is 2.68. The van der Waals surface area contributed by atoms with E-state index in [2.05, 4.69) is 13.5 Å². The summed E-state index contributed by atoms with van der Waals surface area (Å²) >= 11 is 0. The summed E-state index contributed by atoms with van der Waals surface area (Å²) in [6.45, 7) is 8.41. The first-order valence-electron chi connectivity index (χ1n) is 4.08. The predicted octanol–water partition coefficient (Wildman–Crippen LogP) is 1.35. The minimum atomic E-state index is -0.479. The highest BCUT2D eigenvalue weighted by Gasteiger charge is 2.30. The topological polar surface area (TPSA) is 29.5 Å². The van der Waals surface area contributed by atoms with Crippen molar-refractivity contribution in [3.05, 3.63) is 12.2 Å². The van der Waals surface area contributed by atoms with Crippen molar-refractivity contribution in [1.29, 1.82) is 0 Å². The van der Waals surface area contributed by atoms with E-state index in [4.69, 9.17) is 4.74 Å². The lowest BCUT2D eigenvalue weighted by atomic mass is 9.96. The van der Waals surface area contributed by atoms with Gasteiger partial charge < -0.3 is 9.84 Å². The summed E-state index contributed by atoms with van der Waals surface area (Å²) in [6, 6.07) is 0. The van der Waals surface area contributed by atoms with Gasteiger partial charge in [0.2, 0.25) is 0 Å². The standard InChI is InChI=1S/C9H16O2/c1-6(2)8(10)9-7(3)4-5-11-9/h7-10H,1,4-5H2,2-3H3. The second-order valence-electron chi connectivity index (χ2n) is 3.39. The van der Waals surface area contributed by atoms with Crippen LogP contribution in [0, 0.1) is 5.92 Å². The quantitative estimate of drug-likeness (QED) is 0.611. The minimum absolute atomic E-state index is 0.0208. The highest BCUT2D eigenvalue weighted by atomic mass is 16.5.